The molecule has 0 saturated heterocycles. The summed E-state index contributed by atoms with van der Waals surface area (Å²) in [5, 5.41) is 0.568. The molecule has 2 saturated carbocycles. The fraction of sp³-hybridized carbons (Fsp3) is 1.00. The molecule has 0 spiro atoms. The smallest absolute Gasteiger partial charge is 0.0533 e. The molecule has 0 radical (unpaired) electrons. The van der Waals surface area contributed by atoms with Crippen molar-refractivity contribution in [2.45, 2.75) is 36.4 Å². The van der Waals surface area contributed by atoms with Crippen LogP contribution in [0.4, 0.5) is 0 Å². The molecule has 0 N–H and O–H groups in total. The van der Waals surface area contributed by atoms with Gasteiger partial charge in [0.1, 0.15) is 0 Å². The van der Waals surface area contributed by atoms with E-state index in [0.29, 0.717) is 0 Å². The Morgan fingerprint density at radius 3 is 1.60 bits per heavy atom. The molecule has 0 aromatic carbocycles. The summed E-state index contributed by atoms with van der Waals surface area (Å²) >= 11 is 12.1. The topological polar surface area (TPSA) is 0 Å². The standard InChI is InChI=1S/C8H12Cl2/c9-7-5-3-1-2-4-6(5)8(7)10/h5-8H,1-4H2. The zero-order valence-electron chi connectivity index (χ0n) is 5.89. The van der Waals surface area contributed by atoms with Crippen molar-refractivity contribution in [2.24, 2.45) is 11.8 Å². The maximum absolute atomic E-state index is 6.04. The van der Waals surface area contributed by atoms with E-state index in [1.54, 1.807) is 0 Å². The summed E-state index contributed by atoms with van der Waals surface area (Å²) < 4.78 is 0. The molecule has 0 amide bonds. The molecule has 0 aromatic heterocycles. The van der Waals surface area contributed by atoms with Gasteiger partial charge in [0.05, 0.1) is 10.8 Å². The molecular formula is C8H12Cl2. The van der Waals surface area contributed by atoms with E-state index >= 15 is 0 Å². The van der Waals surface area contributed by atoms with Crippen molar-refractivity contribution in [1.82, 2.24) is 0 Å². The highest BCUT2D eigenvalue weighted by atomic mass is 35.5. The van der Waals surface area contributed by atoms with Gasteiger partial charge in [0.15, 0.2) is 0 Å². The van der Waals surface area contributed by atoms with Crippen molar-refractivity contribution < 1.29 is 0 Å². The van der Waals surface area contributed by atoms with Crippen LogP contribution >= 0.6 is 23.2 Å². The van der Waals surface area contributed by atoms with Gasteiger partial charge in [-0.05, 0) is 24.7 Å². The Balaban J connectivity index is 2.00. The van der Waals surface area contributed by atoms with Gasteiger partial charge in [-0.3, -0.25) is 0 Å². The van der Waals surface area contributed by atoms with E-state index in [1.807, 2.05) is 0 Å². The van der Waals surface area contributed by atoms with Crippen molar-refractivity contribution in [3.63, 3.8) is 0 Å². The van der Waals surface area contributed by atoms with E-state index < -0.39 is 0 Å². The zero-order valence-corrected chi connectivity index (χ0v) is 7.41. The molecule has 0 bridgehead atoms. The van der Waals surface area contributed by atoms with Crippen LogP contribution in [0.3, 0.4) is 0 Å². The van der Waals surface area contributed by atoms with E-state index in [2.05, 4.69) is 0 Å². The van der Waals surface area contributed by atoms with Crippen LogP contribution in [0.25, 0.3) is 0 Å². The van der Waals surface area contributed by atoms with Gasteiger partial charge in [0, 0.05) is 0 Å². The van der Waals surface area contributed by atoms with Gasteiger partial charge in [0.25, 0.3) is 0 Å². The summed E-state index contributed by atoms with van der Waals surface area (Å²) in [6.45, 7) is 0. The molecule has 0 nitrogen and oxygen atoms in total. The summed E-state index contributed by atoms with van der Waals surface area (Å²) in [7, 11) is 0. The number of alkyl halides is 2. The number of hydrogen-bond acceptors (Lipinski definition) is 0. The lowest BCUT2D eigenvalue weighted by Crippen LogP contribution is -2.50. The lowest BCUT2D eigenvalue weighted by atomic mass is 9.65. The summed E-state index contributed by atoms with van der Waals surface area (Å²) in [4.78, 5) is 0. The van der Waals surface area contributed by atoms with Crippen LogP contribution in [-0.4, -0.2) is 10.8 Å². The Labute approximate surface area is 71.9 Å². The van der Waals surface area contributed by atoms with Crippen LogP contribution in [0.5, 0.6) is 0 Å². The first kappa shape index (κ1) is 7.24. The largest absolute Gasteiger partial charge is 0.121 e. The van der Waals surface area contributed by atoms with Crippen LogP contribution in [0.2, 0.25) is 0 Å². The van der Waals surface area contributed by atoms with Crippen molar-refractivity contribution in [2.75, 3.05) is 0 Å². The lowest BCUT2D eigenvalue weighted by molar-refractivity contribution is 0.128. The number of hydrogen-bond donors (Lipinski definition) is 0. The normalized spacial score (nSPS) is 53.4. The van der Waals surface area contributed by atoms with Crippen LogP contribution < -0.4 is 0 Å². The maximum Gasteiger partial charge on any atom is 0.0533 e. The van der Waals surface area contributed by atoms with E-state index in [9.17, 15) is 0 Å². The molecule has 2 heteroatoms. The molecule has 2 aliphatic rings. The molecule has 0 aromatic rings. The quantitative estimate of drug-likeness (QED) is 0.501. The van der Waals surface area contributed by atoms with Crippen LogP contribution in [-0.2, 0) is 0 Å². The maximum atomic E-state index is 6.04. The SMILES string of the molecule is ClC1C(Cl)C2CCCCC12. The first-order valence-corrected chi connectivity index (χ1v) is 4.96. The minimum atomic E-state index is 0.284. The van der Waals surface area contributed by atoms with Gasteiger partial charge < -0.3 is 0 Å². The third-order valence-corrected chi connectivity index (χ3v) is 4.32. The second kappa shape index (κ2) is 2.57. The number of halogens is 2. The van der Waals surface area contributed by atoms with Gasteiger partial charge in [-0.25, -0.2) is 0 Å². The van der Waals surface area contributed by atoms with Crippen molar-refractivity contribution in [3.8, 4) is 0 Å². The fourth-order valence-electron chi connectivity index (χ4n) is 2.31. The molecule has 10 heavy (non-hydrogen) atoms. The summed E-state index contributed by atoms with van der Waals surface area (Å²) in [5.41, 5.74) is 0. The highest BCUT2D eigenvalue weighted by Gasteiger charge is 2.48. The van der Waals surface area contributed by atoms with Crippen molar-refractivity contribution >= 4 is 23.2 Å². The number of rotatable bonds is 0. The van der Waals surface area contributed by atoms with E-state index in [0.717, 1.165) is 11.8 Å². The van der Waals surface area contributed by atoms with E-state index in [4.69, 9.17) is 23.2 Å². The predicted molar refractivity (Wildman–Crippen MR) is 44.7 cm³/mol. The Kier molecular flexibility index (Phi) is 1.86. The average molecular weight is 179 g/mol. The van der Waals surface area contributed by atoms with Crippen LogP contribution in [0.1, 0.15) is 25.7 Å². The second-order valence-electron chi connectivity index (χ2n) is 3.50. The van der Waals surface area contributed by atoms with Crippen LogP contribution in [0.15, 0.2) is 0 Å². The minimum absolute atomic E-state index is 0.284. The average Bonchev–Trinajstić information content (AvgIpc) is 2.03. The second-order valence-corrected chi connectivity index (χ2v) is 4.51. The highest BCUT2D eigenvalue weighted by Crippen LogP contribution is 2.50. The van der Waals surface area contributed by atoms with Gasteiger partial charge >= 0.3 is 0 Å². The van der Waals surface area contributed by atoms with E-state index in [-0.39, 0.29) is 10.8 Å². The predicted octanol–water partition coefficient (Wildman–Crippen LogP) is 3.02. The number of fused-ring (bicyclic) bond motifs is 1. The third-order valence-electron chi connectivity index (χ3n) is 3.00. The molecular weight excluding hydrogens is 167 g/mol. The molecule has 2 aliphatic carbocycles. The lowest BCUT2D eigenvalue weighted by Gasteiger charge is -2.49. The zero-order chi connectivity index (χ0) is 7.14. The first-order chi connectivity index (χ1) is 4.80. The molecule has 4 atom stereocenters. The third kappa shape index (κ3) is 0.887. The monoisotopic (exact) mass is 178 g/mol. The van der Waals surface area contributed by atoms with Crippen LogP contribution in [0, 0.1) is 11.8 Å². The van der Waals surface area contributed by atoms with Gasteiger partial charge in [0.2, 0.25) is 0 Å². The summed E-state index contributed by atoms with van der Waals surface area (Å²) in [5.74, 6) is 1.52. The van der Waals surface area contributed by atoms with Crippen molar-refractivity contribution in [1.29, 1.82) is 0 Å². The van der Waals surface area contributed by atoms with E-state index in [1.165, 1.54) is 25.7 Å². The summed E-state index contributed by atoms with van der Waals surface area (Å²) in [6, 6.07) is 0. The first-order valence-electron chi connectivity index (χ1n) is 4.09. The molecule has 58 valence electrons. The van der Waals surface area contributed by atoms with Gasteiger partial charge in [-0.1, -0.05) is 12.8 Å². The molecule has 0 heterocycles. The molecule has 0 aliphatic heterocycles. The van der Waals surface area contributed by atoms with Gasteiger partial charge in [-0.2, -0.15) is 0 Å². The Morgan fingerprint density at radius 1 is 0.800 bits per heavy atom. The molecule has 4 unspecified atom stereocenters. The fourth-order valence-corrected chi connectivity index (χ4v) is 3.31. The molecule has 2 rings (SSSR count). The van der Waals surface area contributed by atoms with Crippen molar-refractivity contribution in [3.05, 3.63) is 0 Å². The molecule has 2 fully saturated rings. The Morgan fingerprint density at radius 2 is 1.20 bits per heavy atom. The van der Waals surface area contributed by atoms with Gasteiger partial charge in [-0.15, -0.1) is 23.2 Å². The minimum Gasteiger partial charge on any atom is -0.121 e. The highest BCUT2D eigenvalue weighted by molar-refractivity contribution is 6.31. The summed E-state index contributed by atoms with van der Waals surface area (Å²) in [6.07, 6.45) is 5.38. The Hall–Kier alpha value is 0.580. The Bertz CT molecular complexity index is 119.